The maximum absolute atomic E-state index is 12.2. The van der Waals surface area contributed by atoms with Crippen molar-refractivity contribution in [3.63, 3.8) is 0 Å². The van der Waals surface area contributed by atoms with Crippen LogP contribution in [0.1, 0.15) is 18.1 Å². The molecule has 2 rings (SSSR count). The normalized spacial score (nSPS) is 10.9. The quantitative estimate of drug-likeness (QED) is 0.428. The fourth-order valence-electron chi connectivity index (χ4n) is 2.81. The summed E-state index contributed by atoms with van der Waals surface area (Å²) >= 11 is 0. The fourth-order valence-corrected chi connectivity index (χ4v) is 3.61. The van der Waals surface area contributed by atoms with Crippen LogP contribution in [0.4, 0.5) is 11.4 Å². The molecule has 2 aromatic rings. The summed E-state index contributed by atoms with van der Waals surface area (Å²) < 4.78 is 27.3. The first-order valence-electron chi connectivity index (χ1n) is 9.00. The molecule has 154 valence electrons. The molecule has 0 fully saturated rings. The van der Waals surface area contributed by atoms with Gasteiger partial charge in [0.25, 0.3) is 0 Å². The molecule has 1 N–H and O–H groups in total. The number of methoxy groups -OCH3 is 1. The average Bonchev–Trinajstić information content (AvgIpc) is 2.77. The first-order chi connectivity index (χ1) is 13.9. The van der Waals surface area contributed by atoms with Gasteiger partial charge in [-0.25, -0.2) is 4.57 Å². The van der Waals surface area contributed by atoms with Crippen LogP contribution in [0, 0.1) is 11.3 Å². The van der Waals surface area contributed by atoms with E-state index in [1.54, 1.807) is 7.11 Å². The Morgan fingerprint density at radius 2 is 1.83 bits per heavy atom. The SMILES string of the molecule is C=C(C#N)c1ccc(OC)cc1N(CC)Cc1ccc(NP(=O)(OC)OC)cc1. The zero-order chi connectivity index (χ0) is 21.4. The molecule has 0 aliphatic rings. The van der Waals surface area contributed by atoms with E-state index in [9.17, 15) is 9.83 Å². The van der Waals surface area contributed by atoms with Gasteiger partial charge in [0.1, 0.15) is 5.75 Å². The van der Waals surface area contributed by atoms with Gasteiger partial charge in [-0.05, 0) is 36.8 Å². The molecule has 0 radical (unpaired) electrons. The fraction of sp³-hybridized carbons (Fsp3) is 0.286. The van der Waals surface area contributed by atoms with Crippen LogP contribution < -0.4 is 14.7 Å². The lowest BCUT2D eigenvalue weighted by molar-refractivity contribution is 0.281. The molecule has 8 heteroatoms. The third-order valence-electron chi connectivity index (χ3n) is 4.46. The summed E-state index contributed by atoms with van der Waals surface area (Å²) in [5.41, 5.74) is 3.72. The topological polar surface area (TPSA) is 83.8 Å². The van der Waals surface area contributed by atoms with Gasteiger partial charge in [0, 0.05) is 50.3 Å². The molecule has 0 saturated heterocycles. The van der Waals surface area contributed by atoms with Crippen LogP contribution in [0.15, 0.2) is 49.0 Å². The van der Waals surface area contributed by atoms with E-state index in [1.165, 1.54) is 14.2 Å². The second-order valence-corrected chi connectivity index (χ2v) is 8.11. The number of ether oxygens (including phenoxy) is 1. The van der Waals surface area contributed by atoms with E-state index in [4.69, 9.17) is 13.8 Å². The molecule has 0 unspecified atom stereocenters. The molecule has 29 heavy (non-hydrogen) atoms. The Labute approximate surface area is 172 Å². The summed E-state index contributed by atoms with van der Waals surface area (Å²) in [7, 11) is 0.916. The Bertz CT molecular complexity index is 930. The molecule has 0 atom stereocenters. The Balaban J connectivity index is 2.27. The predicted molar refractivity (Wildman–Crippen MR) is 116 cm³/mol. The van der Waals surface area contributed by atoms with Gasteiger partial charge in [0.15, 0.2) is 0 Å². The molecular weight excluding hydrogens is 389 g/mol. The lowest BCUT2D eigenvalue weighted by Crippen LogP contribution is -2.23. The standard InChI is InChI=1S/C21H26N3O4P/c1-6-24(21-13-19(26-3)11-12-20(21)16(2)14-22)15-17-7-9-18(10-8-17)23-29(25,27-4)28-5/h7-13H,2,6,15H2,1,3-5H3,(H,23,25). The minimum Gasteiger partial charge on any atom is -0.497 e. The summed E-state index contributed by atoms with van der Waals surface area (Å²) in [4.78, 5) is 2.14. The Morgan fingerprint density at radius 3 is 2.34 bits per heavy atom. The number of hydrogen-bond acceptors (Lipinski definition) is 6. The van der Waals surface area contributed by atoms with Crippen molar-refractivity contribution in [3.05, 3.63) is 60.2 Å². The van der Waals surface area contributed by atoms with E-state index >= 15 is 0 Å². The Kier molecular flexibility index (Phi) is 7.86. The van der Waals surface area contributed by atoms with E-state index in [1.807, 2.05) is 49.4 Å². The van der Waals surface area contributed by atoms with Crippen LogP contribution in [0.3, 0.4) is 0 Å². The number of anilines is 2. The number of hydrogen-bond donors (Lipinski definition) is 1. The maximum Gasteiger partial charge on any atom is 0.432 e. The van der Waals surface area contributed by atoms with Crippen LogP contribution in [0.25, 0.3) is 5.57 Å². The van der Waals surface area contributed by atoms with Crippen molar-refractivity contribution >= 4 is 24.7 Å². The number of nitrogens with one attached hydrogen (secondary N) is 1. The third kappa shape index (κ3) is 5.61. The van der Waals surface area contributed by atoms with Gasteiger partial charge in [-0.15, -0.1) is 0 Å². The molecule has 0 heterocycles. The van der Waals surface area contributed by atoms with Gasteiger partial charge in [-0.2, -0.15) is 5.26 Å². The van der Waals surface area contributed by atoms with Gasteiger partial charge >= 0.3 is 7.75 Å². The van der Waals surface area contributed by atoms with Crippen molar-refractivity contribution in [3.8, 4) is 11.8 Å². The number of nitrogens with zero attached hydrogens (tertiary/aromatic N) is 2. The summed E-state index contributed by atoms with van der Waals surface area (Å²) in [6.45, 7) is 7.24. The Hall–Kier alpha value is -2.78. The highest BCUT2D eigenvalue weighted by molar-refractivity contribution is 7.55. The highest BCUT2D eigenvalue weighted by atomic mass is 31.2. The molecule has 7 nitrogen and oxygen atoms in total. The van der Waals surface area contributed by atoms with Gasteiger partial charge in [0.05, 0.1) is 18.8 Å². The lowest BCUT2D eigenvalue weighted by atomic mass is 10.0. The summed E-state index contributed by atoms with van der Waals surface area (Å²) in [5, 5.41) is 12.1. The smallest absolute Gasteiger partial charge is 0.432 e. The first-order valence-corrected chi connectivity index (χ1v) is 10.5. The first kappa shape index (κ1) is 22.5. The minimum atomic E-state index is -3.34. The van der Waals surface area contributed by atoms with Crippen LogP contribution in [0.5, 0.6) is 5.75 Å². The molecule has 0 aliphatic heterocycles. The second kappa shape index (κ2) is 10.1. The van der Waals surface area contributed by atoms with E-state index in [2.05, 4.69) is 22.6 Å². The highest BCUT2D eigenvalue weighted by Crippen LogP contribution is 2.46. The largest absolute Gasteiger partial charge is 0.497 e. The highest BCUT2D eigenvalue weighted by Gasteiger charge is 2.20. The zero-order valence-corrected chi connectivity index (χ0v) is 18.0. The Morgan fingerprint density at radius 1 is 1.17 bits per heavy atom. The van der Waals surface area contributed by atoms with Crippen molar-refractivity contribution in [2.45, 2.75) is 13.5 Å². The van der Waals surface area contributed by atoms with Gasteiger partial charge in [0.2, 0.25) is 0 Å². The summed E-state index contributed by atoms with van der Waals surface area (Å²) in [6, 6.07) is 15.2. The predicted octanol–water partition coefficient (Wildman–Crippen LogP) is 5.07. The zero-order valence-electron chi connectivity index (χ0n) is 17.1. The lowest BCUT2D eigenvalue weighted by Gasteiger charge is -2.26. The second-order valence-electron chi connectivity index (χ2n) is 6.16. The van der Waals surface area contributed by atoms with Gasteiger partial charge < -0.3 is 9.64 Å². The number of rotatable bonds is 10. The minimum absolute atomic E-state index is 0.399. The molecule has 0 bridgehead atoms. The molecule has 0 saturated carbocycles. The molecule has 0 aromatic heterocycles. The van der Waals surface area contributed by atoms with Crippen molar-refractivity contribution in [2.24, 2.45) is 0 Å². The molecule has 2 aromatic carbocycles. The van der Waals surface area contributed by atoms with E-state index < -0.39 is 7.75 Å². The molecule has 0 aliphatic carbocycles. The summed E-state index contributed by atoms with van der Waals surface area (Å²) in [6.07, 6.45) is 0. The van der Waals surface area contributed by atoms with Gasteiger partial charge in [-0.1, -0.05) is 18.7 Å². The van der Waals surface area contributed by atoms with Crippen molar-refractivity contribution < 1.29 is 18.3 Å². The number of allylic oxidation sites excluding steroid dienone is 1. The van der Waals surface area contributed by atoms with Crippen molar-refractivity contribution in [2.75, 3.05) is 37.9 Å². The van der Waals surface area contributed by atoms with Crippen LogP contribution in [0.2, 0.25) is 0 Å². The molecule has 0 amide bonds. The van der Waals surface area contributed by atoms with Gasteiger partial charge in [-0.3, -0.25) is 14.1 Å². The van der Waals surface area contributed by atoms with Crippen molar-refractivity contribution in [1.29, 1.82) is 5.26 Å². The van der Waals surface area contributed by atoms with Crippen LogP contribution in [-0.2, 0) is 20.2 Å². The number of benzene rings is 2. The van der Waals surface area contributed by atoms with Crippen molar-refractivity contribution in [1.82, 2.24) is 0 Å². The monoisotopic (exact) mass is 415 g/mol. The molecular formula is C21H26N3O4P. The van der Waals surface area contributed by atoms with E-state index in [0.717, 1.165) is 23.4 Å². The van der Waals surface area contributed by atoms with E-state index in [-0.39, 0.29) is 0 Å². The average molecular weight is 415 g/mol. The van der Waals surface area contributed by atoms with E-state index in [0.29, 0.717) is 23.6 Å². The number of nitriles is 1. The maximum atomic E-state index is 12.2. The molecule has 0 spiro atoms. The third-order valence-corrected chi connectivity index (χ3v) is 5.95. The van der Waals surface area contributed by atoms with Crippen LogP contribution >= 0.6 is 7.75 Å². The van der Waals surface area contributed by atoms with Crippen LogP contribution in [-0.4, -0.2) is 27.9 Å². The summed E-state index contributed by atoms with van der Waals surface area (Å²) in [5.74, 6) is 0.711.